The van der Waals surface area contributed by atoms with Gasteiger partial charge in [0, 0.05) is 24.1 Å². The van der Waals surface area contributed by atoms with Gasteiger partial charge in [-0.3, -0.25) is 4.98 Å². The summed E-state index contributed by atoms with van der Waals surface area (Å²) in [6, 6.07) is 7.76. The van der Waals surface area contributed by atoms with Gasteiger partial charge in [0.05, 0.1) is 18.8 Å². The summed E-state index contributed by atoms with van der Waals surface area (Å²) < 4.78 is 10.6. The number of benzene rings is 1. The Hall–Kier alpha value is -3.55. The molecule has 8 nitrogen and oxygen atoms in total. The highest BCUT2D eigenvalue weighted by Gasteiger charge is 2.17. The summed E-state index contributed by atoms with van der Waals surface area (Å²) in [5.74, 6) is 2.40. The maximum atomic E-state index is 5.58. The second-order valence-electron chi connectivity index (χ2n) is 6.56. The number of anilines is 1. The van der Waals surface area contributed by atoms with Crippen molar-refractivity contribution in [3.8, 4) is 17.0 Å². The number of nitrogens with zero attached hydrogens (tertiary/aromatic N) is 5. The van der Waals surface area contributed by atoms with E-state index in [2.05, 4.69) is 30.4 Å². The fourth-order valence-corrected chi connectivity index (χ4v) is 2.95. The van der Waals surface area contributed by atoms with Crippen LogP contribution in [0.3, 0.4) is 0 Å². The first-order chi connectivity index (χ1) is 13.5. The van der Waals surface area contributed by atoms with Crippen LogP contribution in [0.2, 0.25) is 0 Å². The SMILES string of the molecule is COc1cc(-c2ccc(C)cn2)cc2c(N[C@H](C)c3noc(C)n3)ncnc12. The highest BCUT2D eigenvalue weighted by molar-refractivity contribution is 5.96. The number of pyridine rings is 1. The molecular weight excluding hydrogens is 356 g/mol. The normalized spacial score (nSPS) is 12.1. The summed E-state index contributed by atoms with van der Waals surface area (Å²) in [6.45, 7) is 5.71. The Labute approximate surface area is 162 Å². The summed E-state index contributed by atoms with van der Waals surface area (Å²) in [6.07, 6.45) is 3.35. The lowest BCUT2D eigenvalue weighted by molar-refractivity contribution is 0.385. The van der Waals surface area contributed by atoms with Crippen molar-refractivity contribution >= 4 is 16.7 Å². The van der Waals surface area contributed by atoms with Crippen molar-refractivity contribution in [1.29, 1.82) is 0 Å². The topological polar surface area (TPSA) is 98.8 Å². The van der Waals surface area contributed by atoms with E-state index in [4.69, 9.17) is 9.26 Å². The van der Waals surface area contributed by atoms with Gasteiger partial charge in [0.2, 0.25) is 5.89 Å². The molecule has 1 aromatic carbocycles. The quantitative estimate of drug-likeness (QED) is 0.560. The molecule has 0 radical (unpaired) electrons. The molecular formula is C20H20N6O2. The fourth-order valence-electron chi connectivity index (χ4n) is 2.95. The van der Waals surface area contributed by atoms with Crippen LogP contribution in [0.4, 0.5) is 5.82 Å². The van der Waals surface area contributed by atoms with Crippen molar-refractivity contribution in [1.82, 2.24) is 25.1 Å². The number of methoxy groups -OCH3 is 1. The number of aryl methyl sites for hydroxylation is 2. The molecule has 0 unspecified atom stereocenters. The average molecular weight is 376 g/mol. The van der Waals surface area contributed by atoms with Crippen LogP contribution in [-0.4, -0.2) is 32.2 Å². The van der Waals surface area contributed by atoms with E-state index in [0.717, 1.165) is 22.2 Å². The smallest absolute Gasteiger partial charge is 0.223 e. The van der Waals surface area contributed by atoms with Crippen LogP contribution in [0, 0.1) is 13.8 Å². The zero-order valence-electron chi connectivity index (χ0n) is 16.1. The highest BCUT2D eigenvalue weighted by Crippen LogP contribution is 2.34. The molecule has 0 saturated heterocycles. The van der Waals surface area contributed by atoms with Crippen LogP contribution in [0.25, 0.3) is 22.2 Å². The van der Waals surface area contributed by atoms with Gasteiger partial charge in [0.25, 0.3) is 0 Å². The Balaban J connectivity index is 1.80. The second-order valence-corrected chi connectivity index (χ2v) is 6.56. The molecule has 0 aliphatic rings. The predicted molar refractivity (Wildman–Crippen MR) is 105 cm³/mol. The van der Waals surface area contributed by atoms with Gasteiger partial charge in [-0.2, -0.15) is 4.98 Å². The first-order valence-corrected chi connectivity index (χ1v) is 8.87. The standard InChI is InChI=1S/C20H20N6O2/c1-11-5-6-16(21-9-11)14-7-15-18(17(8-14)27-4)22-10-23-20(15)24-12(2)19-25-13(3)28-26-19/h5-10,12H,1-4H3,(H,22,23,24)/t12-/m1/s1. The van der Waals surface area contributed by atoms with Gasteiger partial charge in [-0.05, 0) is 37.6 Å². The minimum absolute atomic E-state index is 0.192. The summed E-state index contributed by atoms with van der Waals surface area (Å²) in [5, 5.41) is 8.14. The van der Waals surface area contributed by atoms with Crippen molar-refractivity contribution in [3.05, 3.63) is 54.1 Å². The summed E-state index contributed by atoms with van der Waals surface area (Å²) >= 11 is 0. The van der Waals surface area contributed by atoms with E-state index in [-0.39, 0.29) is 6.04 Å². The Morgan fingerprint density at radius 3 is 2.64 bits per heavy atom. The first-order valence-electron chi connectivity index (χ1n) is 8.87. The zero-order valence-corrected chi connectivity index (χ0v) is 16.1. The third-order valence-corrected chi connectivity index (χ3v) is 4.41. The molecule has 4 aromatic rings. The third-order valence-electron chi connectivity index (χ3n) is 4.41. The molecule has 1 N–H and O–H groups in total. The molecule has 3 heterocycles. The summed E-state index contributed by atoms with van der Waals surface area (Å²) in [5.41, 5.74) is 3.59. The van der Waals surface area contributed by atoms with Crippen molar-refractivity contribution in [2.45, 2.75) is 26.8 Å². The Bertz CT molecular complexity index is 1120. The lowest BCUT2D eigenvalue weighted by Crippen LogP contribution is -2.10. The number of fused-ring (bicyclic) bond motifs is 1. The van der Waals surface area contributed by atoms with E-state index in [1.807, 2.05) is 44.3 Å². The third kappa shape index (κ3) is 3.36. The number of aromatic nitrogens is 5. The van der Waals surface area contributed by atoms with E-state index in [1.165, 1.54) is 6.33 Å². The monoisotopic (exact) mass is 376 g/mol. The van der Waals surface area contributed by atoms with Crippen molar-refractivity contribution in [2.24, 2.45) is 0 Å². The maximum Gasteiger partial charge on any atom is 0.223 e. The van der Waals surface area contributed by atoms with Crippen LogP contribution in [0.1, 0.15) is 30.2 Å². The van der Waals surface area contributed by atoms with Gasteiger partial charge in [0.1, 0.15) is 23.4 Å². The van der Waals surface area contributed by atoms with Gasteiger partial charge < -0.3 is 14.6 Å². The van der Waals surface area contributed by atoms with E-state index >= 15 is 0 Å². The highest BCUT2D eigenvalue weighted by atomic mass is 16.5. The first kappa shape index (κ1) is 17.8. The Kier molecular flexibility index (Phi) is 4.60. The molecule has 4 rings (SSSR count). The van der Waals surface area contributed by atoms with Crippen LogP contribution >= 0.6 is 0 Å². The van der Waals surface area contributed by atoms with E-state index < -0.39 is 0 Å². The number of ether oxygens (including phenoxy) is 1. The number of rotatable bonds is 5. The molecule has 0 aliphatic heterocycles. The summed E-state index contributed by atoms with van der Waals surface area (Å²) in [4.78, 5) is 17.6. The maximum absolute atomic E-state index is 5.58. The Morgan fingerprint density at radius 1 is 1.11 bits per heavy atom. The molecule has 0 aliphatic carbocycles. The van der Waals surface area contributed by atoms with Crippen molar-refractivity contribution < 1.29 is 9.26 Å². The summed E-state index contributed by atoms with van der Waals surface area (Å²) in [7, 11) is 1.63. The molecule has 3 aromatic heterocycles. The van der Waals surface area contributed by atoms with Crippen LogP contribution < -0.4 is 10.1 Å². The molecule has 0 amide bonds. The molecule has 1 atom stereocenters. The van der Waals surface area contributed by atoms with Gasteiger partial charge in [-0.1, -0.05) is 11.2 Å². The minimum Gasteiger partial charge on any atom is -0.494 e. The van der Waals surface area contributed by atoms with Gasteiger partial charge in [-0.15, -0.1) is 0 Å². The molecule has 8 heteroatoms. The van der Waals surface area contributed by atoms with Crippen molar-refractivity contribution in [3.63, 3.8) is 0 Å². The largest absolute Gasteiger partial charge is 0.494 e. The molecule has 0 saturated carbocycles. The predicted octanol–water partition coefficient (Wildman–Crippen LogP) is 3.87. The van der Waals surface area contributed by atoms with Gasteiger partial charge >= 0.3 is 0 Å². The number of hydrogen-bond acceptors (Lipinski definition) is 8. The van der Waals surface area contributed by atoms with Crippen LogP contribution in [-0.2, 0) is 0 Å². The molecule has 28 heavy (non-hydrogen) atoms. The second kappa shape index (κ2) is 7.22. The number of hydrogen-bond donors (Lipinski definition) is 1. The lowest BCUT2D eigenvalue weighted by Gasteiger charge is -2.15. The van der Waals surface area contributed by atoms with Crippen LogP contribution in [0.15, 0.2) is 41.3 Å². The van der Waals surface area contributed by atoms with E-state index in [9.17, 15) is 0 Å². The van der Waals surface area contributed by atoms with Gasteiger partial charge in [-0.25, -0.2) is 9.97 Å². The molecule has 0 bridgehead atoms. The fraction of sp³-hybridized carbons (Fsp3) is 0.250. The van der Waals surface area contributed by atoms with Gasteiger partial charge in [0.15, 0.2) is 5.82 Å². The lowest BCUT2D eigenvalue weighted by atomic mass is 10.1. The van der Waals surface area contributed by atoms with Crippen molar-refractivity contribution in [2.75, 3.05) is 12.4 Å². The molecule has 142 valence electrons. The average Bonchev–Trinajstić information content (AvgIpc) is 3.14. The zero-order chi connectivity index (χ0) is 19.7. The molecule has 0 fully saturated rings. The minimum atomic E-state index is -0.192. The number of nitrogens with one attached hydrogen (secondary N) is 1. The molecule has 0 spiro atoms. The van der Waals surface area contributed by atoms with E-state index in [0.29, 0.717) is 28.8 Å². The van der Waals surface area contributed by atoms with E-state index in [1.54, 1.807) is 14.0 Å². The van der Waals surface area contributed by atoms with Crippen LogP contribution in [0.5, 0.6) is 5.75 Å². The Morgan fingerprint density at radius 2 is 1.96 bits per heavy atom.